The van der Waals surface area contributed by atoms with E-state index in [2.05, 4.69) is 12.1 Å². The number of hydrogen-bond donors (Lipinski definition) is 0. The summed E-state index contributed by atoms with van der Waals surface area (Å²) >= 11 is 8.51. The number of ether oxygens (including phenoxy) is 1. The van der Waals surface area contributed by atoms with E-state index in [1.165, 1.54) is 11.8 Å². The summed E-state index contributed by atoms with van der Waals surface area (Å²) in [5.41, 5.74) is 2.81. The molecule has 3 aromatic rings. The van der Waals surface area contributed by atoms with Crippen molar-refractivity contribution in [1.82, 2.24) is 4.90 Å². The predicted octanol–water partition coefficient (Wildman–Crippen LogP) is 7.29. The van der Waals surface area contributed by atoms with Gasteiger partial charge < -0.3 is 4.74 Å². The molecule has 1 saturated heterocycles. The van der Waals surface area contributed by atoms with Gasteiger partial charge in [-0.15, -0.1) is 0 Å². The Morgan fingerprint density at radius 2 is 1.54 bits per heavy atom. The number of thioether (sulfide) groups is 1. The number of fused-ring (bicyclic) bond motifs is 2. The average Bonchev–Trinajstić information content (AvgIpc) is 3.19. The second-order valence-electron chi connectivity index (χ2n) is 8.68. The second kappa shape index (κ2) is 11.5. The zero-order valence-electron chi connectivity index (χ0n) is 20.4. The molecular formula is C29H26N2O3S3. The predicted molar refractivity (Wildman–Crippen MR) is 155 cm³/mol. The minimum absolute atomic E-state index is 0.0547. The lowest BCUT2D eigenvalue weighted by Crippen LogP contribution is -2.29. The van der Waals surface area contributed by atoms with Crippen LogP contribution < -0.4 is 9.64 Å². The number of nitrogens with zero attached hydrogens (tertiary/aromatic N) is 2. The van der Waals surface area contributed by atoms with Gasteiger partial charge >= 0.3 is 0 Å². The highest BCUT2D eigenvalue weighted by atomic mass is 32.2. The lowest BCUT2D eigenvalue weighted by molar-refractivity contribution is -0.122. The Morgan fingerprint density at radius 3 is 2.19 bits per heavy atom. The van der Waals surface area contributed by atoms with Gasteiger partial charge in [-0.1, -0.05) is 78.6 Å². The van der Waals surface area contributed by atoms with Crippen molar-refractivity contribution in [2.45, 2.75) is 35.5 Å². The van der Waals surface area contributed by atoms with E-state index >= 15 is 0 Å². The number of benzene rings is 3. The number of hydrogen-bond acceptors (Lipinski definition) is 6. The van der Waals surface area contributed by atoms with Crippen molar-refractivity contribution in [3.05, 3.63) is 83.3 Å². The zero-order chi connectivity index (χ0) is 25.8. The van der Waals surface area contributed by atoms with Crippen LogP contribution in [0.15, 0.2) is 87.5 Å². The Balaban J connectivity index is 1.15. The molecule has 1 fully saturated rings. The molecule has 2 amide bonds. The summed E-state index contributed by atoms with van der Waals surface area (Å²) in [4.78, 5) is 32.6. The number of carbonyl (C=O) groups is 2. The van der Waals surface area contributed by atoms with Crippen LogP contribution >= 0.6 is 35.7 Å². The Morgan fingerprint density at radius 1 is 0.892 bits per heavy atom. The summed E-state index contributed by atoms with van der Waals surface area (Å²) in [5, 5.41) is 0. The SMILES string of the molecule is COc1ccc(/C=C2\SC(=S)N(CCCCCC(=O)N3c4ccccc4Sc4ccccc43)C2=O)cc1. The molecule has 0 atom stereocenters. The fourth-order valence-corrected chi connectivity index (χ4v) is 6.72. The molecule has 2 aliphatic rings. The summed E-state index contributed by atoms with van der Waals surface area (Å²) in [6.45, 7) is 0.560. The first-order valence-corrected chi connectivity index (χ1v) is 14.2. The van der Waals surface area contributed by atoms with Gasteiger partial charge in [0.15, 0.2) is 0 Å². The highest BCUT2D eigenvalue weighted by molar-refractivity contribution is 8.26. The van der Waals surface area contributed by atoms with Crippen molar-refractivity contribution in [3.8, 4) is 5.75 Å². The largest absolute Gasteiger partial charge is 0.497 e. The Kier molecular flexibility index (Phi) is 7.98. The molecule has 2 aliphatic heterocycles. The van der Waals surface area contributed by atoms with Crippen LogP contribution in [0.4, 0.5) is 11.4 Å². The standard InChI is InChI=1S/C29H26N2O3S3/c1-34-21-16-14-20(15-17-21)19-26-28(33)30(29(35)37-26)18-8-2-3-13-27(32)31-22-9-4-6-11-24(22)36-25-12-7-5-10-23(25)31/h4-7,9-12,14-17,19H,2-3,8,13,18H2,1H3/b26-19-. The number of rotatable bonds is 8. The minimum Gasteiger partial charge on any atom is -0.497 e. The smallest absolute Gasteiger partial charge is 0.266 e. The highest BCUT2D eigenvalue weighted by Gasteiger charge is 2.31. The van der Waals surface area contributed by atoms with E-state index in [9.17, 15) is 9.59 Å². The molecule has 3 aromatic carbocycles. The van der Waals surface area contributed by atoms with Gasteiger partial charge in [0.05, 0.1) is 23.4 Å². The summed E-state index contributed by atoms with van der Waals surface area (Å²) in [6.07, 6.45) is 4.70. The van der Waals surface area contributed by atoms with Crippen LogP contribution in [0.3, 0.4) is 0 Å². The zero-order valence-corrected chi connectivity index (χ0v) is 22.8. The van der Waals surface area contributed by atoms with Crippen molar-refractivity contribution in [2.75, 3.05) is 18.6 Å². The van der Waals surface area contributed by atoms with E-state index in [1.54, 1.807) is 23.8 Å². The lowest BCUT2D eigenvalue weighted by Gasteiger charge is -2.31. The van der Waals surface area contributed by atoms with Crippen LogP contribution in [0.5, 0.6) is 5.75 Å². The molecule has 0 bridgehead atoms. The quantitative estimate of drug-likeness (QED) is 0.168. The maximum absolute atomic E-state index is 13.3. The van der Waals surface area contributed by atoms with Crippen molar-refractivity contribution < 1.29 is 14.3 Å². The summed E-state index contributed by atoms with van der Waals surface area (Å²) in [7, 11) is 1.63. The molecule has 0 spiro atoms. The van der Waals surface area contributed by atoms with Crippen LogP contribution in [-0.4, -0.2) is 34.7 Å². The topological polar surface area (TPSA) is 49.9 Å². The molecular weight excluding hydrogens is 521 g/mol. The number of carbonyl (C=O) groups excluding carboxylic acids is 2. The van der Waals surface area contributed by atoms with Crippen LogP contribution in [0.1, 0.15) is 31.2 Å². The van der Waals surface area contributed by atoms with Crippen molar-refractivity contribution in [3.63, 3.8) is 0 Å². The van der Waals surface area contributed by atoms with Crippen molar-refractivity contribution in [1.29, 1.82) is 0 Å². The number of unbranched alkanes of at least 4 members (excludes halogenated alkanes) is 2. The third-order valence-corrected chi connectivity index (χ3v) is 8.75. The molecule has 8 heteroatoms. The van der Waals surface area contributed by atoms with Gasteiger partial charge in [0, 0.05) is 22.8 Å². The molecule has 0 unspecified atom stereocenters. The molecule has 2 heterocycles. The molecule has 0 N–H and O–H groups in total. The average molecular weight is 547 g/mol. The fraction of sp³-hybridized carbons (Fsp3) is 0.207. The van der Waals surface area contributed by atoms with Gasteiger partial charge in [-0.3, -0.25) is 19.4 Å². The first kappa shape index (κ1) is 25.6. The lowest BCUT2D eigenvalue weighted by atomic mass is 10.1. The minimum atomic E-state index is -0.0547. The summed E-state index contributed by atoms with van der Waals surface area (Å²) in [5.74, 6) is 0.810. The van der Waals surface area contributed by atoms with Crippen LogP contribution in [0.2, 0.25) is 0 Å². The summed E-state index contributed by atoms with van der Waals surface area (Å²) in [6, 6.07) is 23.6. The monoisotopic (exact) mass is 546 g/mol. The van der Waals surface area contributed by atoms with E-state index < -0.39 is 0 Å². The van der Waals surface area contributed by atoms with E-state index in [0.29, 0.717) is 22.2 Å². The van der Waals surface area contributed by atoms with Gasteiger partial charge in [0.25, 0.3) is 5.91 Å². The van der Waals surface area contributed by atoms with Gasteiger partial charge in [0.1, 0.15) is 10.1 Å². The number of methoxy groups -OCH3 is 1. The maximum Gasteiger partial charge on any atom is 0.266 e. The van der Waals surface area contributed by atoms with Crippen LogP contribution in [0.25, 0.3) is 6.08 Å². The first-order chi connectivity index (χ1) is 18.0. The second-order valence-corrected chi connectivity index (χ2v) is 11.4. The van der Waals surface area contributed by atoms with E-state index in [-0.39, 0.29) is 11.8 Å². The number of amides is 2. The molecule has 37 heavy (non-hydrogen) atoms. The summed E-state index contributed by atoms with van der Waals surface area (Å²) < 4.78 is 5.78. The normalized spacial score (nSPS) is 15.6. The molecule has 0 aliphatic carbocycles. The van der Waals surface area contributed by atoms with E-state index in [1.807, 2.05) is 71.6 Å². The first-order valence-electron chi connectivity index (χ1n) is 12.1. The highest BCUT2D eigenvalue weighted by Crippen LogP contribution is 2.48. The number of thiocarbonyl (C=S) groups is 1. The van der Waals surface area contributed by atoms with E-state index in [4.69, 9.17) is 17.0 Å². The van der Waals surface area contributed by atoms with Crippen molar-refractivity contribution in [2.24, 2.45) is 0 Å². The maximum atomic E-state index is 13.3. The van der Waals surface area contributed by atoms with Gasteiger partial charge in [-0.2, -0.15) is 0 Å². The molecule has 188 valence electrons. The molecule has 5 nitrogen and oxygen atoms in total. The van der Waals surface area contributed by atoms with E-state index in [0.717, 1.165) is 51.7 Å². The van der Waals surface area contributed by atoms with Gasteiger partial charge in [0.2, 0.25) is 5.91 Å². The Bertz CT molecular complexity index is 1330. The third-order valence-electron chi connectivity index (χ3n) is 6.24. The molecule has 0 aromatic heterocycles. The third kappa shape index (κ3) is 5.61. The molecule has 0 saturated carbocycles. The fourth-order valence-electron chi connectivity index (χ4n) is 4.35. The van der Waals surface area contributed by atoms with Gasteiger partial charge in [-0.25, -0.2) is 0 Å². The number of anilines is 2. The number of para-hydroxylation sites is 2. The van der Waals surface area contributed by atoms with Crippen molar-refractivity contribution >= 4 is 69.3 Å². The Labute approximate surface area is 230 Å². The van der Waals surface area contributed by atoms with Crippen LogP contribution in [0, 0.1) is 0 Å². The molecule has 0 radical (unpaired) electrons. The Hall–Kier alpha value is -3.07. The van der Waals surface area contributed by atoms with Crippen LogP contribution in [-0.2, 0) is 9.59 Å². The molecule has 5 rings (SSSR count). The van der Waals surface area contributed by atoms with Gasteiger partial charge in [-0.05, 0) is 60.9 Å².